The highest BCUT2D eigenvalue weighted by Crippen LogP contribution is 2.40. The maximum absolute atomic E-state index is 12.4. The van der Waals surface area contributed by atoms with E-state index in [0.29, 0.717) is 19.4 Å². The van der Waals surface area contributed by atoms with Gasteiger partial charge in [-0.1, -0.05) is 18.2 Å². The van der Waals surface area contributed by atoms with Crippen LogP contribution in [0.2, 0.25) is 0 Å². The summed E-state index contributed by atoms with van der Waals surface area (Å²) in [6.45, 7) is 5.25. The number of aromatic nitrogens is 2. The molecule has 9 heteroatoms. The molecule has 8 nitrogen and oxygen atoms in total. The minimum absolute atomic E-state index is 0.133. The quantitative estimate of drug-likeness (QED) is 0.551. The van der Waals surface area contributed by atoms with Crippen LogP contribution >= 0.6 is 12.6 Å². The number of carbonyl (C=O) groups excluding carboxylic acids is 2. The zero-order chi connectivity index (χ0) is 21.4. The molecule has 0 spiro atoms. The number of carbonyl (C=O) groups is 2. The third kappa shape index (κ3) is 4.05. The van der Waals surface area contributed by atoms with E-state index in [9.17, 15) is 9.59 Å². The smallest absolute Gasteiger partial charge is 0.243 e. The van der Waals surface area contributed by atoms with Crippen LogP contribution in [0.3, 0.4) is 0 Å². The van der Waals surface area contributed by atoms with E-state index >= 15 is 0 Å². The van der Waals surface area contributed by atoms with Gasteiger partial charge in [0.1, 0.15) is 0 Å². The Kier molecular flexibility index (Phi) is 5.64. The Hall–Kier alpha value is -2.49. The minimum Gasteiger partial charge on any atom is -0.338 e. The van der Waals surface area contributed by atoms with E-state index < -0.39 is 0 Å². The monoisotopic (exact) mass is 438 g/mol. The van der Waals surface area contributed by atoms with Crippen LogP contribution in [0, 0.1) is 0 Å². The second-order valence-electron chi connectivity index (χ2n) is 8.31. The van der Waals surface area contributed by atoms with Crippen molar-refractivity contribution in [3.63, 3.8) is 0 Å². The summed E-state index contributed by atoms with van der Waals surface area (Å²) < 4.78 is 0. The summed E-state index contributed by atoms with van der Waals surface area (Å²) in [6, 6.07) is 7.89. The molecule has 2 fully saturated rings. The number of rotatable bonds is 4. The summed E-state index contributed by atoms with van der Waals surface area (Å²) in [4.78, 5) is 39.5. The number of anilines is 1. The maximum atomic E-state index is 12.4. The van der Waals surface area contributed by atoms with Gasteiger partial charge in [-0.05, 0) is 29.2 Å². The molecule has 0 saturated carbocycles. The molecule has 2 unspecified atom stereocenters. The average molecular weight is 439 g/mol. The Morgan fingerprint density at radius 2 is 1.84 bits per heavy atom. The molecule has 3 aliphatic heterocycles. The van der Waals surface area contributed by atoms with Crippen molar-refractivity contribution in [3.05, 3.63) is 53.3 Å². The Labute approximate surface area is 187 Å². The zero-order valence-electron chi connectivity index (χ0n) is 17.3. The van der Waals surface area contributed by atoms with E-state index in [-0.39, 0.29) is 23.2 Å². The number of piperazine rings is 1. The summed E-state index contributed by atoms with van der Waals surface area (Å²) in [6.07, 6.45) is 4.49. The highest BCUT2D eigenvalue weighted by atomic mass is 32.1. The van der Waals surface area contributed by atoms with E-state index in [1.54, 1.807) is 12.4 Å². The number of nitrogens with zero attached hydrogens (tertiary/aromatic N) is 5. The second-order valence-corrected chi connectivity index (χ2v) is 8.80. The van der Waals surface area contributed by atoms with E-state index in [1.165, 1.54) is 16.7 Å². The molecule has 5 rings (SSSR count). The van der Waals surface area contributed by atoms with E-state index in [1.807, 2.05) is 6.07 Å². The van der Waals surface area contributed by atoms with Crippen LogP contribution in [0.25, 0.3) is 0 Å². The zero-order valence-corrected chi connectivity index (χ0v) is 18.2. The maximum Gasteiger partial charge on any atom is 0.243 e. The van der Waals surface area contributed by atoms with Gasteiger partial charge in [0.25, 0.3) is 0 Å². The Balaban J connectivity index is 1.26. The third-order valence-corrected chi connectivity index (χ3v) is 7.03. The molecule has 2 amide bonds. The van der Waals surface area contributed by atoms with Gasteiger partial charge in [0.2, 0.25) is 17.8 Å². The molecule has 2 atom stereocenters. The first-order chi connectivity index (χ1) is 15.1. The highest BCUT2D eigenvalue weighted by molar-refractivity contribution is 7.80. The number of benzene rings is 1. The van der Waals surface area contributed by atoms with Gasteiger partial charge in [-0.2, -0.15) is 12.6 Å². The van der Waals surface area contributed by atoms with Gasteiger partial charge >= 0.3 is 0 Å². The highest BCUT2D eigenvalue weighted by Gasteiger charge is 2.39. The lowest BCUT2D eigenvalue weighted by Gasteiger charge is -2.35. The molecule has 2 saturated heterocycles. The van der Waals surface area contributed by atoms with Crippen molar-refractivity contribution in [2.24, 2.45) is 0 Å². The molecule has 1 aromatic carbocycles. The molecule has 0 bridgehead atoms. The summed E-state index contributed by atoms with van der Waals surface area (Å²) >= 11 is 4.83. The van der Waals surface area contributed by atoms with Crippen LogP contribution in [0.1, 0.15) is 34.9 Å². The van der Waals surface area contributed by atoms with Crippen molar-refractivity contribution in [1.29, 1.82) is 0 Å². The van der Waals surface area contributed by atoms with Crippen LogP contribution in [-0.2, 0) is 22.7 Å². The predicted molar refractivity (Wildman–Crippen MR) is 119 cm³/mol. The molecule has 4 heterocycles. The molecule has 162 valence electrons. The number of nitrogens with one attached hydrogen (secondary N) is 1. The first-order valence-corrected chi connectivity index (χ1v) is 11.2. The number of amides is 2. The van der Waals surface area contributed by atoms with Crippen molar-refractivity contribution >= 4 is 30.4 Å². The molecule has 1 N–H and O–H groups in total. The SMILES string of the molecule is O=C1CCC(N2Cc3c(CN4CCN(c5ncccn5)CC4)cccc3C2S)C(=O)N1. The lowest BCUT2D eigenvalue weighted by atomic mass is 10.0. The second kappa shape index (κ2) is 8.57. The fourth-order valence-electron chi connectivity index (χ4n) is 4.77. The predicted octanol–water partition coefficient (Wildman–Crippen LogP) is 1.35. The van der Waals surface area contributed by atoms with Crippen LogP contribution in [-0.4, -0.2) is 63.8 Å². The average Bonchev–Trinajstić information content (AvgIpc) is 3.12. The fourth-order valence-corrected chi connectivity index (χ4v) is 5.25. The molecule has 0 aliphatic carbocycles. The van der Waals surface area contributed by atoms with Crippen molar-refractivity contribution in [3.8, 4) is 0 Å². The van der Waals surface area contributed by atoms with Gasteiger partial charge in [-0.15, -0.1) is 0 Å². The topological polar surface area (TPSA) is 81.7 Å². The standard InChI is InChI=1S/C22H26N6O2S/c29-19-6-5-18(20(30)25-19)28-14-17-15(3-1-4-16(17)21(28)31)13-26-9-11-27(12-10-26)22-23-7-2-8-24-22/h1-4,7-8,18,21,31H,5-6,9-14H2,(H,25,29,30). The van der Waals surface area contributed by atoms with Gasteiger partial charge in [0, 0.05) is 58.1 Å². The molecular formula is C22H26N6O2S. The number of hydrogen-bond acceptors (Lipinski definition) is 8. The Morgan fingerprint density at radius 3 is 2.58 bits per heavy atom. The Morgan fingerprint density at radius 1 is 1.06 bits per heavy atom. The largest absolute Gasteiger partial charge is 0.338 e. The van der Waals surface area contributed by atoms with Crippen molar-refractivity contribution in [1.82, 2.24) is 25.1 Å². The number of imide groups is 1. The summed E-state index contributed by atoms with van der Waals surface area (Å²) in [5.41, 5.74) is 3.72. The van der Waals surface area contributed by atoms with Gasteiger partial charge in [-0.25, -0.2) is 9.97 Å². The number of fused-ring (bicyclic) bond motifs is 1. The number of hydrogen-bond donors (Lipinski definition) is 2. The van der Waals surface area contributed by atoms with Crippen LogP contribution in [0.15, 0.2) is 36.7 Å². The van der Waals surface area contributed by atoms with Crippen molar-refractivity contribution in [2.45, 2.75) is 37.3 Å². The summed E-state index contributed by atoms with van der Waals surface area (Å²) in [7, 11) is 0. The molecule has 2 aromatic rings. The first-order valence-electron chi connectivity index (χ1n) is 10.7. The van der Waals surface area contributed by atoms with E-state index in [4.69, 9.17) is 12.6 Å². The molecule has 31 heavy (non-hydrogen) atoms. The van der Waals surface area contributed by atoms with Crippen LogP contribution in [0.4, 0.5) is 5.95 Å². The lowest BCUT2D eigenvalue weighted by molar-refractivity contribution is -0.137. The Bertz CT molecular complexity index is 979. The molecular weight excluding hydrogens is 412 g/mol. The third-order valence-electron chi connectivity index (χ3n) is 6.45. The molecule has 1 aromatic heterocycles. The van der Waals surface area contributed by atoms with E-state index in [0.717, 1.165) is 38.7 Å². The van der Waals surface area contributed by atoms with Crippen LogP contribution in [0.5, 0.6) is 0 Å². The molecule has 0 radical (unpaired) electrons. The lowest BCUT2D eigenvalue weighted by Crippen LogP contribution is -2.51. The fraction of sp³-hybridized carbons (Fsp3) is 0.455. The van der Waals surface area contributed by atoms with Crippen LogP contribution < -0.4 is 10.2 Å². The van der Waals surface area contributed by atoms with Crippen molar-refractivity contribution in [2.75, 3.05) is 31.1 Å². The summed E-state index contributed by atoms with van der Waals surface area (Å²) in [5, 5.41) is 2.34. The first kappa shape index (κ1) is 20.4. The molecule has 3 aliphatic rings. The van der Waals surface area contributed by atoms with E-state index in [2.05, 4.69) is 48.2 Å². The van der Waals surface area contributed by atoms with Gasteiger partial charge in [0.05, 0.1) is 11.4 Å². The van der Waals surface area contributed by atoms with Gasteiger partial charge in [0.15, 0.2) is 0 Å². The normalized spacial score (nSPS) is 24.9. The number of thiol groups is 1. The van der Waals surface area contributed by atoms with Gasteiger partial charge in [-0.3, -0.25) is 24.7 Å². The van der Waals surface area contributed by atoms with Gasteiger partial charge < -0.3 is 4.90 Å². The van der Waals surface area contributed by atoms with Crippen molar-refractivity contribution < 1.29 is 9.59 Å². The minimum atomic E-state index is -0.310. The number of piperidine rings is 1. The summed E-state index contributed by atoms with van der Waals surface area (Å²) in [5.74, 6) is 0.402.